The van der Waals surface area contributed by atoms with Crippen molar-refractivity contribution in [3.8, 4) is 0 Å². The normalized spacial score (nSPS) is 17.1. The quantitative estimate of drug-likeness (QED) is 0.768. The fourth-order valence-corrected chi connectivity index (χ4v) is 2.76. The average molecular weight is 269 g/mol. The summed E-state index contributed by atoms with van der Waals surface area (Å²) in [5.41, 5.74) is 5.73. The minimum atomic E-state index is 0.174. The molecule has 2 heterocycles. The standard InChI is InChI=1S/C11H19N5OS/c1-8(4-7-17)18-11-14-9(12)13-10(15-11)16-5-2-3-6-16/h8,17H,2-7H2,1H3,(H2,12,13,14,15). The van der Waals surface area contributed by atoms with Gasteiger partial charge in [0.25, 0.3) is 0 Å². The fourth-order valence-electron chi connectivity index (χ4n) is 1.89. The molecule has 1 fully saturated rings. The van der Waals surface area contributed by atoms with Crippen LogP contribution in [0.1, 0.15) is 26.2 Å². The van der Waals surface area contributed by atoms with Crippen LogP contribution in [0.15, 0.2) is 5.16 Å². The molecule has 0 saturated carbocycles. The highest BCUT2D eigenvalue weighted by molar-refractivity contribution is 7.99. The molecule has 3 N–H and O–H groups in total. The number of nitrogens with zero attached hydrogens (tertiary/aromatic N) is 4. The topological polar surface area (TPSA) is 88.2 Å². The Morgan fingerprint density at radius 1 is 1.33 bits per heavy atom. The first-order chi connectivity index (χ1) is 8.69. The molecule has 2 rings (SSSR count). The Bertz CT molecular complexity index is 397. The molecule has 100 valence electrons. The van der Waals surface area contributed by atoms with Crippen molar-refractivity contribution < 1.29 is 5.11 Å². The summed E-state index contributed by atoms with van der Waals surface area (Å²) in [6, 6.07) is 0. The van der Waals surface area contributed by atoms with Crippen molar-refractivity contribution in [3.63, 3.8) is 0 Å². The highest BCUT2D eigenvalue weighted by Gasteiger charge is 2.17. The summed E-state index contributed by atoms with van der Waals surface area (Å²) in [6.45, 7) is 4.18. The van der Waals surface area contributed by atoms with Crippen molar-refractivity contribution in [2.45, 2.75) is 36.6 Å². The van der Waals surface area contributed by atoms with E-state index >= 15 is 0 Å². The summed E-state index contributed by atoms with van der Waals surface area (Å²) in [5.74, 6) is 0.948. The van der Waals surface area contributed by atoms with Gasteiger partial charge < -0.3 is 15.7 Å². The average Bonchev–Trinajstić information content (AvgIpc) is 2.81. The van der Waals surface area contributed by atoms with E-state index in [0.29, 0.717) is 11.1 Å². The zero-order valence-electron chi connectivity index (χ0n) is 10.5. The second kappa shape index (κ2) is 6.19. The van der Waals surface area contributed by atoms with Crippen LogP contribution in [0.4, 0.5) is 11.9 Å². The third-order valence-electron chi connectivity index (χ3n) is 2.85. The Hall–Kier alpha value is -1.08. The van der Waals surface area contributed by atoms with Gasteiger partial charge in [-0.3, -0.25) is 0 Å². The monoisotopic (exact) mass is 269 g/mol. The number of nitrogen functional groups attached to an aromatic ring is 1. The third-order valence-corrected chi connectivity index (χ3v) is 3.88. The number of nitrogens with two attached hydrogens (primary N) is 1. The number of thioether (sulfide) groups is 1. The summed E-state index contributed by atoms with van der Waals surface area (Å²) in [4.78, 5) is 14.9. The zero-order valence-corrected chi connectivity index (χ0v) is 11.4. The molecule has 6 nitrogen and oxygen atoms in total. The van der Waals surface area contributed by atoms with Crippen molar-refractivity contribution in [2.24, 2.45) is 0 Å². The van der Waals surface area contributed by atoms with Crippen LogP contribution in [0.25, 0.3) is 0 Å². The lowest BCUT2D eigenvalue weighted by molar-refractivity contribution is 0.289. The first kappa shape index (κ1) is 13.4. The van der Waals surface area contributed by atoms with Crippen molar-refractivity contribution in [2.75, 3.05) is 30.3 Å². The molecule has 0 bridgehead atoms. The van der Waals surface area contributed by atoms with Gasteiger partial charge in [-0.1, -0.05) is 18.7 Å². The summed E-state index contributed by atoms with van der Waals surface area (Å²) in [6.07, 6.45) is 3.07. The number of hydrogen-bond donors (Lipinski definition) is 2. The van der Waals surface area contributed by atoms with E-state index in [9.17, 15) is 0 Å². The van der Waals surface area contributed by atoms with Gasteiger partial charge >= 0.3 is 0 Å². The second-order valence-corrected chi connectivity index (χ2v) is 5.82. The summed E-state index contributed by atoms with van der Waals surface area (Å²) >= 11 is 1.53. The van der Waals surface area contributed by atoms with Crippen LogP contribution in [0.2, 0.25) is 0 Å². The Morgan fingerprint density at radius 3 is 2.72 bits per heavy atom. The van der Waals surface area contributed by atoms with Crippen molar-refractivity contribution >= 4 is 23.7 Å². The largest absolute Gasteiger partial charge is 0.396 e. The molecule has 0 aromatic carbocycles. The van der Waals surface area contributed by atoms with Gasteiger partial charge in [-0.15, -0.1) is 0 Å². The van der Waals surface area contributed by atoms with E-state index in [2.05, 4.69) is 19.9 Å². The van der Waals surface area contributed by atoms with Gasteiger partial charge in [-0.25, -0.2) is 0 Å². The Balaban J connectivity index is 2.10. The maximum Gasteiger partial charge on any atom is 0.231 e. The number of aromatic nitrogens is 3. The van der Waals surface area contributed by atoms with Crippen LogP contribution in [-0.4, -0.2) is 45.0 Å². The number of hydrogen-bond acceptors (Lipinski definition) is 7. The van der Waals surface area contributed by atoms with Crippen LogP contribution in [-0.2, 0) is 0 Å². The molecule has 1 aliphatic rings. The number of anilines is 2. The van der Waals surface area contributed by atoms with Crippen LogP contribution in [0, 0.1) is 0 Å². The van der Waals surface area contributed by atoms with Gasteiger partial charge in [0, 0.05) is 24.9 Å². The maximum atomic E-state index is 8.90. The molecule has 18 heavy (non-hydrogen) atoms. The molecule has 1 unspecified atom stereocenters. The van der Waals surface area contributed by atoms with E-state index in [1.165, 1.54) is 24.6 Å². The van der Waals surface area contributed by atoms with Crippen LogP contribution < -0.4 is 10.6 Å². The van der Waals surface area contributed by atoms with Crippen molar-refractivity contribution in [1.29, 1.82) is 0 Å². The van der Waals surface area contributed by atoms with Crippen molar-refractivity contribution in [1.82, 2.24) is 15.0 Å². The van der Waals surface area contributed by atoms with Gasteiger partial charge in [0.15, 0.2) is 5.16 Å². The molecule has 1 aliphatic heterocycles. The second-order valence-electron chi connectivity index (χ2n) is 4.41. The molecule has 0 spiro atoms. The van der Waals surface area contributed by atoms with Gasteiger partial charge in [0.2, 0.25) is 11.9 Å². The van der Waals surface area contributed by atoms with Gasteiger partial charge in [-0.2, -0.15) is 15.0 Å². The van der Waals surface area contributed by atoms with Crippen LogP contribution in [0.3, 0.4) is 0 Å². The Morgan fingerprint density at radius 2 is 2.06 bits per heavy atom. The highest BCUT2D eigenvalue weighted by Crippen LogP contribution is 2.24. The Kier molecular flexibility index (Phi) is 4.60. The van der Waals surface area contributed by atoms with E-state index in [1.807, 2.05) is 6.92 Å². The molecular formula is C11H19N5OS. The smallest absolute Gasteiger partial charge is 0.231 e. The minimum Gasteiger partial charge on any atom is -0.396 e. The molecular weight excluding hydrogens is 250 g/mol. The van der Waals surface area contributed by atoms with E-state index in [-0.39, 0.29) is 17.8 Å². The molecule has 1 saturated heterocycles. The molecule has 0 amide bonds. The summed E-state index contributed by atoms with van der Waals surface area (Å²) < 4.78 is 0. The SMILES string of the molecule is CC(CCO)Sc1nc(N)nc(N2CCCC2)n1. The molecule has 1 atom stereocenters. The van der Waals surface area contributed by atoms with E-state index < -0.39 is 0 Å². The zero-order chi connectivity index (χ0) is 13.0. The molecule has 1 aromatic heterocycles. The molecule has 7 heteroatoms. The molecule has 0 radical (unpaired) electrons. The predicted octanol–water partition coefficient (Wildman–Crippen LogP) is 0.917. The van der Waals surface area contributed by atoms with Gasteiger partial charge in [0.1, 0.15) is 0 Å². The number of rotatable bonds is 5. The lowest BCUT2D eigenvalue weighted by Crippen LogP contribution is -2.21. The lowest BCUT2D eigenvalue weighted by atomic mass is 10.4. The first-order valence-electron chi connectivity index (χ1n) is 6.23. The Labute approximate surface area is 111 Å². The maximum absolute atomic E-state index is 8.90. The van der Waals surface area contributed by atoms with Crippen molar-refractivity contribution in [3.05, 3.63) is 0 Å². The van der Waals surface area contributed by atoms with Crippen LogP contribution >= 0.6 is 11.8 Å². The lowest BCUT2D eigenvalue weighted by Gasteiger charge is -2.16. The van der Waals surface area contributed by atoms with E-state index in [4.69, 9.17) is 10.8 Å². The third kappa shape index (κ3) is 3.46. The summed E-state index contributed by atoms with van der Waals surface area (Å²) in [5, 5.41) is 9.81. The number of aliphatic hydroxyl groups excluding tert-OH is 1. The fraction of sp³-hybridized carbons (Fsp3) is 0.727. The first-order valence-corrected chi connectivity index (χ1v) is 7.11. The molecule has 1 aromatic rings. The minimum absolute atomic E-state index is 0.174. The van der Waals surface area contributed by atoms with Gasteiger partial charge in [0.05, 0.1) is 0 Å². The summed E-state index contributed by atoms with van der Waals surface area (Å²) in [7, 11) is 0. The van der Waals surface area contributed by atoms with Gasteiger partial charge in [-0.05, 0) is 19.3 Å². The number of aliphatic hydroxyl groups is 1. The highest BCUT2D eigenvalue weighted by atomic mass is 32.2. The van der Waals surface area contributed by atoms with E-state index in [0.717, 1.165) is 19.5 Å². The van der Waals surface area contributed by atoms with Crippen LogP contribution in [0.5, 0.6) is 0 Å². The van der Waals surface area contributed by atoms with E-state index in [1.54, 1.807) is 0 Å². The predicted molar refractivity (Wildman–Crippen MR) is 72.7 cm³/mol. The molecule has 0 aliphatic carbocycles.